The van der Waals surface area contributed by atoms with E-state index in [1.54, 1.807) is 0 Å². The fraction of sp³-hybridized carbons (Fsp3) is 0.857. The molecule has 0 aliphatic rings. The van der Waals surface area contributed by atoms with Crippen LogP contribution in [0.15, 0.2) is 0 Å². The zero-order valence-electron chi connectivity index (χ0n) is 7.85. The Kier molecular flexibility index (Phi) is 9.63. The van der Waals surface area contributed by atoms with Crippen molar-refractivity contribution in [3.8, 4) is 0 Å². The molecule has 0 spiro atoms. The van der Waals surface area contributed by atoms with Crippen LogP contribution in [-0.4, -0.2) is 28.6 Å². The van der Waals surface area contributed by atoms with Gasteiger partial charge in [-0.05, 0) is 26.9 Å². The molecular formula is C7H18O3Si. The van der Waals surface area contributed by atoms with Crippen molar-refractivity contribution in [2.45, 2.75) is 26.9 Å². The summed E-state index contributed by atoms with van der Waals surface area (Å²) in [6, 6.07) is 0. The molecule has 0 aliphatic heterocycles. The maximum Gasteiger partial charge on any atom is 0.331 e. The Morgan fingerprint density at radius 1 is 1.09 bits per heavy atom. The average Bonchev–Trinajstić information content (AvgIpc) is 1.91. The highest BCUT2D eigenvalue weighted by Crippen LogP contribution is 2.04. The summed E-state index contributed by atoms with van der Waals surface area (Å²) in [4.78, 5) is 8.00. The number of hydrogen-bond donors (Lipinski definition) is 0. The summed E-state index contributed by atoms with van der Waals surface area (Å²) in [7, 11) is -1.70. The topological polar surface area (TPSA) is 35.5 Å². The third-order valence-electron chi connectivity index (χ3n) is 0.984. The highest BCUT2D eigenvalue weighted by atomic mass is 28.4. The molecule has 0 bridgehead atoms. The lowest BCUT2D eigenvalue weighted by atomic mass is 10.9. The zero-order chi connectivity index (χ0) is 9.33. The molecule has 3 nitrogen and oxygen atoms in total. The van der Waals surface area contributed by atoms with Crippen molar-refractivity contribution in [2.24, 2.45) is 0 Å². The van der Waals surface area contributed by atoms with Gasteiger partial charge in [-0.3, -0.25) is 0 Å². The van der Waals surface area contributed by atoms with Gasteiger partial charge in [0.15, 0.2) is 0 Å². The van der Waals surface area contributed by atoms with Crippen LogP contribution in [0.1, 0.15) is 13.8 Å². The summed E-state index contributed by atoms with van der Waals surface area (Å²) in [5.74, 6) is 0. The van der Waals surface area contributed by atoms with E-state index < -0.39 is 8.56 Å². The minimum absolute atomic E-state index is 0.763. The van der Waals surface area contributed by atoms with Crippen molar-refractivity contribution in [3.05, 3.63) is 0 Å². The van der Waals surface area contributed by atoms with Gasteiger partial charge in [0.25, 0.3) is 0 Å². The van der Waals surface area contributed by atoms with Gasteiger partial charge < -0.3 is 13.6 Å². The molecule has 0 saturated carbocycles. The summed E-state index contributed by atoms with van der Waals surface area (Å²) >= 11 is 0. The van der Waals surface area contributed by atoms with Crippen molar-refractivity contribution in [1.29, 1.82) is 0 Å². The largest absolute Gasteiger partial charge is 0.395 e. The second-order valence-corrected chi connectivity index (χ2v) is 5.64. The van der Waals surface area contributed by atoms with Gasteiger partial charge in [0.05, 0.1) is 0 Å². The lowest BCUT2D eigenvalue weighted by molar-refractivity contribution is -0.0979. The van der Waals surface area contributed by atoms with E-state index >= 15 is 0 Å². The molecule has 0 aromatic heterocycles. The molecule has 0 saturated heterocycles. The van der Waals surface area contributed by atoms with E-state index in [0.717, 1.165) is 13.2 Å². The Balaban J connectivity index is 0. The first-order valence-corrected chi connectivity index (χ1v) is 6.50. The Morgan fingerprint density at radius 3 is 1.55 bits per heavy atom. The van der Waals surface area contributed by atoms with Gasteiger partial charge in [0, 0.05) is 13.2 Å². The third kappa shape index (κ3) is 9.81. The van der Waals surface area contributed by atoms with Crippen LogP contribution in [0.2, 0.25) is 13.1 Å². The number of hydrogen-bond acceptors (Lipinski definition) is 3. The highest BCUT2D eigenvalue weighted by molar-refractivity contribution is 6.64. The Hall–Kier alpha value is -0.193. The number of rotatable bonds is 4. The van der Waals surface area contributed by atoms with Crippen molar-refractivity contribution < 1.29 is 13.6 Å². The van der Waals surface area contributed by atoms with E-state index in [-0.39, 0.29) is 0 Å². The minimum Gasteiger partial charge on any atom is -0.395 e. The van der Waals surface area contributed by atoms with E-state index in [2.05, 4.69) is 13.1 Å². The van der Waals surface area contributed by atoms with E-state index in [1.165, 1.54) is 0 Å². The van der Waals surface area contributed by atoms with Gasteiger partial charge in [0.2, 0.25) is 0 Å². The highest BCUT2D eigenvalue weighted by Gasteiger charge is 2.22. The standard InChI is InChI=1S/C6H16O2Si.CH2O/c1-5-7-9(3,4)8-6-2;1-2/h5-6H2,1-4H3;1H2. The smallest absolute Gasteiger partial charge is 0.331 e. The molecule has 0 aliphatic carbocycles. The predicted molar refractivity (Wildman–Crippen MR) is 47.9 cm³/mol. The Bertz CT molecular complexity index is 77.8. The van der Waals surface area contributed by atoms with Gasteiger partial charge in [-0.2, -0.15) is 0 Å². The Labute approximate surface area is 70.0 Å². The quantitative estimate of drug-likeness (QED) is 0.613. The van der Waals surface area contributed by atoms with Crippen molar-refractivity contribution in [1.82, 2.24) is 0 Å². The van der Waals surface area contributed by atoms with Crippen molar-refractivity contribution >= 4 is 15.3 Å². The summed E-state index contributed by atoms with van der Waals surface area (Å²) < 4.78 is 10.8. The molecule has 0 aromatic rings. The van der Waals surface area contributed by atoms with E-state index in [0.29, 0.717) is 0 Å². The van der Waals surface area contributed by atoms with Crippen LogP contribution in [0, 0.1) is 0 Å². The van der Waals surface area contributed by atoms with E-state index in [4.69, 9.17) is 13.6 Å². The first-order chi connectivity index (χ1) is 5.12. The van der Waals surface area contributed by atoms with Crippen LogP contribution in [-0.2, 0) is 13.6 Å². The van der Waals surface area contributed by atoms with Crippen LogP contribution >= 0.6 is 0 Å². The minimum atomic E-state index is -1.70. The van der Waals surface area contributed by atoms with Crippen LogP contribution in [0.5, 0.6) is 0 Å². The SMILES string of the molecule is C=O.CCO[Si](C)(C)OCC. The number of carbonyl (C=O) groups excluding carboxylic acids is 1. The molecule has 0 fully saturated rings. The van der Waals surface area contributed by atoms with Gasteiger partial charge in [-0.15, -0.1) is 0 Å². The molecule has 0 N–H and O–H groups in total. The molecule has 0 atom stereocenters. The fourth-order valence-corrected chi connectivity index (χ4v) is 2.21. The maximum absolute atomic E-state index is 8.00. The van der Waals surface area contributed by atoms with Crippen LogP contribution in [0.4, 0.5) is 0 Å². The summed E-state index contributed by atoms with van der Waals surface area (Å²) in [6.45, 7) is 11.6. The second-order valence-electron chi connectivity index (χ2n) is 2.27. The monoisotopic (exact) mass is 178 g/mol. The second kappa shape index (κ2) is 7.91. The summed E-state index contributed by atoms with van der Waals surface area (Å²) in [5.41, 5.74) is 0. The molecule has 0 heterocycles. The van der Waals surface area contributed by atoms with Crippen molar-refractivity contribution in [3.63, 3.8) is 0 Å². The number of carbonyl (C=O) groups is 1. The van der Waals surface area contributed by atoms with Gasteiger partial charge in [-0.1, -0.05) is 0 Å². The Morgan fingerprint density at radius 2 is 1.36 bits per heavy atom. The van der Waals surface area contributed by atoms with Crippen LogP contribution in [0.25, 0.3) is 0 Å². The van der Waals surface area contributed by atoms with E-state index in [9.17, 15) is 0 Å². The first-order valence-electron chi connectivity index (χ1n) is 3.69. The predicted octanol–water partition coefficient (Wildman–Crippen LogP) is 1.58. The van der Waals surface area contributed by atoms with Crippen molar-refractivity contribution in [2.75, 3.05) is 13.2 Å². The zero-order valence-corrected chi connectivity index (χ0v) is 8.85. The molecule has 11 heavy (non-hydrogen) atoms. The first kappa shape index (κ1) is 13.4. The third-order valence-corrected chi connectivity index (χ3v) is 2.95. The van der Waals surface area contributed by atoms with Crippen LogP contribution in [0.3, 0.4) is 0 Å². The summed E-state index contributed by atoms with van der Waals surface area (Å²) in [6.07, 6.45) is 0. The molecule has 0 radical (unpaired) electrons. The summed E-state index contributed by atoms with van der Waals surface area (Å²) in [5, 5.41) is 0. The molecular weight excluding hydrogens is 160 g/mol. The lowest BCUT2D eigenvalue weighted by Crippen LogP contribution is -2.34. The fourth-order valence-electron chi connectivity index (χ4n) is 0.737. The molecule has 0 rings (SSSR count). The van der Waals surface area contributed by atoms with Gasteiger partial charge >= 0.3 is 8.56 Å². The maximum atomic E-state index is 8.00. The molecule has 0 aromatic carbocycles. The van der Waals surface area contributed by atoms with Gasteiger partial charge in [0.1, 0.15) is 6.79 Å². The van der Waals surface area contributed by atoms with Crippen LogP contribution < -0.4 is 0 Å². The molecule has 4 heteroatoms. The molecule has 0 unspecified atom stereocenters. The molecule has 0 amide bonds. The van der Waals surface area contributed by atoms with Gasteiger partial charge in [-0.25, -0.2) is 0 Å². The normalized spacial score (nSPS) is 10.2. The lowest BCUT2D eigenvalue weighted by Gasteiger charge is -2.20. The average molecular weight is 178 g/mol. The van der Waals surface area contributed by atoms with E-state index in [1.807, 2.05) is 20.6 Å². The molecule has 68 valence electrons.